The van der Waals surface area contributed by atoms with Gasteiger partial charge < -0.3 is 14.5 Å². The minimum atomic E-state index is -0.371. The molecular formula is C20H24N3O4+. The number of nitro benzene ring substituents is 1. The van der Waals surface area contributed by atoms with Gasteiger partial charge in [0.2, 0.25) is 0 Å². The maximum atomic E-state index is 12.4. The molecule has 2 aromatic rings. The lowest BCUT2D eigenvalue weighted by Gasteiger charge is -2.32. The zero-order chi connectivity index (χ0) is 19.2. The number of amides is 1. The Balaban J connectivity index is 1.46. The number of quaternary nitrogens is 1. The molecule has 27 heavy (non-hydrogen) atoms. The van der Waals surface area contributed by atoms with Crippen molar-refractivity contribution in [2.45, 2.75) is 13.5 Å². The van der Waals surface area contributed by atoms with Crippen LogP contribution in [0.4, 0.5) is 5.69 Å². The highest BCUT2D eigenvalue weighted by Crippen LogP contribution is 2.13. The summed E-state index contributed by atoms with van der Waals surface area (Å²) >= 11 is 0. The zero-order valence-electron chi connectivity index (χ0n) is 15.4. The predicted octanol–water partition coefficient (Wildman–Crippen LogP) is 1.21. The van der Waals surface area contributed by atoms with Gasteiger partial charge in [0.1, 0.15) is 12.3 Å². The summed E-state index contributed by atoms with van der Waals surface area (Å²) in [6.07, 6.45) is 0. The van der Waals surface area contributed by atoms with E-state index in [1.54, 1.807) is 12.1 Å². The van der Waals surface area contributed by atoms with Gasteiger partial charge in [-0.05, 0) is 24.6 Å². The Morgan fingerprint density at radius 3 is 2.63 bits per heavy atom. The van der Waals surface area contributed by atoms with Gasteiger partial charge in [-0.3, -0.25) is 14.9 Å². The Kier molecular flexibility index (Phi) is 6.03. The number of benzene rings is 2. The number of aryl methyl sites for hydroxylation is 1. The molecule has 1 N–H and O–H groups in total. The smallest absolute Gasteiger partial charge is 0.269 e. The fraction of sp³-hybridized carbons (Fsp3) is 0.350. The third-order valence-electron chi connectivity index (χ3n) is 4.75. The molecule has 1 amide bonds. The van der Waals surface area contributed by atoms with Gasteiger partial charge in [0.05, 0.1) is 31.1 Å². The fourth-order valence-corrected chi connectivity index (χ4v) is 3.26. The lowest BCUT2D eigenvalue weighted by molar-refractivity contribution is -0.917. The molecule has 0 saturated carbocycles. The second-order valence-corrected chi connectivity index (χ2v) is 6.84. The van der Waals surface area contributed by atoms with Gasteiger partial charge in [-0.2, -0.15) is 0 Å². The van der Waals surface area contributed by atoms with Crippen molar-refractivity contribution < 1.29 is 19.4 Å². The summed E-state index contributed by atoms with van der Waals surface area (Å²) in [5.41, 5.74) is 2.16. The maximum absolute atomic E-state index is 12.4. The van der Waals surface area contributed by atoms with Crippen LogP contribution >= 0.6 is 0 Å². The Bertz CT molecular complexity index is 816. The molecule has 1 heterocycles. The number of nitrogens with one attached hydrogen (secondary N) is 1. The quantitative estimate of drug-likeness (QED) is 0.613. The molecule has 0 radical (unpaired) electrons. The van der Waals surface area contributed by atoms with Gasteiger partial charge >= 0.3 is 0 Å². The third kappa shape index (κ3) is 5.27. The minimum Gasteiger partial charge on any atom is -0.484 e. The van der Waals surface area contributed by atoms with Crippen LogP contribution in [0.1, 0.15) is 11.1 Å². The van der Waals surface area contributed by atoms with E-state index in [1.807, 2.05) is 42.2 Å². The normalized spacial score (nSPS) is 14.8. The van der Waals surface area contributed by atoms with Gasteiger partial charge in [-0.15, -0.1) is 0 Å². The Hall–Kier alpha value is -2.93. The Labute approximate surface area is 158 Å². The highest BCUT2D eigenvalue weighted by Gasteiger charge is 2.24. The van der Waals surface area contributed by atoms with E-state index in [0.29, 0.717) is 18.8 Å². The van der Waals surface area contributed by atoms with E-state index in [1.165, 1.54) is 11.0 Å². The first-order valence-electron chi connectivity index (χ1n) is 9.05. The number of carbonyl (C=O) groups excluding carboxylic acids is 1. The van der Waals surface area contributed by atoms with E-state index in [0.717, 1.165) is 30.8 Å². The van der Waals surface area contributed by atoms with Crippen LogP contribution in [-0.2, 0) is 11.3 Å². The minimum absolute atomic E-state index is 0.00842. The Morgan fingerprint density at radius 1 is 1.19 bits per heavy atom. The summed E-state index contributed by atoms with van der Waals surface area (Å²) in [6.45, 7) is 5.73. The van der Waals surface area contributed by atoms with E-state index in [2.05, 4.69) is 0 Å². The monoisotopic (exact) mass is 370 g/mol. The number of piperazine rings is 1. The van der Waals surface area contributed by atoms with E-state index >= 15 is 0 Å². The molecule has 1 aliphatic heterocycles. The van der Waals surface area contributed by atoms with Crippen LogP contribution in [0.2, 0.25) is 0 Å². The average molecular weight is 370 g/mol. The number of carbonyl (C=O) groups is 1. The van der Waals surface area contributed by atoms with Crippen LogP contribution in [0.25, 0.3) is 0 Å². The molecule has 0 spiro atoms. The zero-order valence-corrected chi connectivity index (χ0v) is 15.4. The van der Waals surface area contributed by atoms with Crippen LogP contribution < -0.4 is 9.64 Å². The number of nitrogens with zero attached hydrogens (tertiary/aromatic N) is 2. The second-order valence-electron chi connectivity index (χ2n) is 6.84. The van der Waals surface area contributed by atoms with Crippen molar-refractivity contribution in [3.63, 3.8) is 0 Å². The number of ether oxygens (including phenoxy) is 1. The third-order valence-corrected chi connectivity index (χ3v) is 4.75. The number of hydrogen-bond donors (Lipinski definition) is 1. The second kappa shape index (κ2) is 8.64. The summed E-state index contributed by atoms with van der Waals surface area (Å²) in [6, 6.07) is 14.4. The highest BCUT2D eigenvalue weighted by atomic mass is 16.6. The van der Waals surface area contributed by atoms with Crippen molar-refractivity contribution in [2.75, 3.05) is 32.8 Å². The molecule has 1 saturated heterocycles. The average Bonchev–Trinajstić information content (AvgIpc) is 2.67. The molecule has 0 aromatic heterocycles. The molecule has 142 valence electrons. The highest BCUT2D eigenvalue weighted by molar-refractivity contribution is 5.77. The van der Waals surface area contributed by atoms with E-state index in [9.17, 15) is 14.9 Å². The summed E-state index contributed by atoms with van der Waals surface area (Å²) in [4.78, 5) is 26.0. The van der Waals surface area contributed by atoms with Crippen molar-refractivity contribution in [3.8, 4) is 5.75 Å². The molecule has 0 unspecified atom stereocenters. The van der Waals surface area contributed by atoms with Crippen molar-refractivity contribution >= 4 is 11.6 Å². The van der Waals surface area contributed by atoms with Gasteiger partial charge in [0.25, 0.3) is 11.6 Å². The largest absolute Gasteiger partial charge is 0.484 e. The molecule has 0 aliphatic carbocycles. The molecule has 7 nitrogen and oxygen atoms in total. The van der Waals surface area contributed by atoms with Crippen molar-refractivity contribution in [3.05, 3.63) is 69.8 Å². The van der Waals surface area contributed by atoms with Crippen molar-refractivity contribution in [1.82, 2.24) is 4.90 Å². The summed E-state index contributed by atoms with van der Waals surface area (Å²) in [5.74, 6) is 0.698. The van der Waals surface area contributed by atoms with Gasteiger partial charge in [-0.1, -0.05) is 24.3 Å². The van der Waals surface area contributed by atoms with E-state index < -0.39 is 0 Å². The van der Waals surface area contributed by atoms with Gasteiger partial charge in [-0.25, -0.2) is 0 Å². The standard InChI is InChI=1S/C20H23N3O4/c1-16-4-2-7-19(12-16)27-15-20(24)22-10-8-21(9-11-22)14-17-5-3-6-18(13-17)23(25)26/h2-7,12-13H,8-11,14-15H2,1H3/p+1. The maximum Gasteiger partial charge on any atom is 0.269 e. The molecule has 0 atom stereocenters. The number of nitro groups is 1. The van der Waals surface area contributed by atoms with E-state index in [4.69, 9.17) is 4.74 Å². The van der Waals surface area contributed by atoms with Crippen LogP contribution in [0, 0.1) is 17.0 Å². The summed E-state index contributed by atoms with van der Waals surface area (Å²) in [7, 11) is 0. The molecular weight excluding hydrogens is 346 g/mol. The summed E-state index contributed by atoms with van der Waals surface area (Å²) in [5, 5.41) is 10.9. The molecule has 7 heteroatoms. The molecule has 0 bridgehead atoms. The SMILES string of the molecule is Cc1cccc(OCC(=O)N2CC[NH+](Cc3cccc([N+](=O)[O-])c3)CC2)c1. The number of hydrogen-bond acceptors (Lipinski definition) is 4. The predicted molar refractivity (Wildman–Crippen MR) is 101 cm³/mol. The van der Waals surface area contributed by atoms with Crippen molar-refractivity contribution in [1.29, 1.82) is 0 Å². The lowest BCUT2D eigenvalue weighted by atomic mass is 10.1. The first kappa shape index (κ1) is 18.8. The first-order chi connectivity index (χ1) is 13.0. The fourth-order valence-electron chi connectivity index (χ4n) is 3.26. The molecule has 3 rings (SSSR count). The number of rotatable bonds is 6. The van der Waals surface area contributed by atoms with Crippen LogP contribution in [0.15, 0.2) is 48.5 Å². The van der Waals surface area contributed by atoms with Crippen molar-refractivity contribution in [2.24, 2.45) is 0 Å². The Morgan fingerprint density at radius 2 is 1.93 bits per heavy atom. The van der Waals surface area contributed by atoms with E-state index in [-0.39, 0.29) is 23.1 Å². The van der Waals surface area contributed by atoms with Crippen LogP contribution in [-0.4, -0.2) is 48.5 Å². The summed E-state index contributed by atoms with van der Waals surface area (Å²) < 4.78 is 5.60. The van der Waals surface area contributed by atoms with Crippen LogP contribution in [0.5, 0.6) is 5.75 Å². The molecule has 1 fully saturated rings. The molecule has 1 aliphatic rings. The topological polar surface area (TPSA) is 77.1 Å². The first-order valence-corrected chi connectivity index (χ1v) is 9.05. The molecule has 2 aromatic carbocycles. The number of non-ortho nitro benzene ring substituents is 1. The van der Waals surface area contributed by atoms with Gasteiger partial charge in [0, 0.05) is 17.7 Å². The van der Waals surface area contributed by atoms with Crippen LogP contribution in [0.3, 0.4) is 0 Å². The lowest BCUT2D eigenvalue weighted by Crippen LogP contribution is -3.13. The van der Waals surface area contributed by atoms with Gasteiger partial charge in [0.15, 0.2) is 6.61 Å².